The first kappa shape index (κ1) is 18.2. The van der Waals surface area contributed by atoms with Crippen LogP contribution >= 0.6 is 11.8 Å². The van der Waals surface area contributed by atoms with E-state index in [4.69, 9.17) is 4.74 Å². The number of rotatable bonds is 4. The summed E-state index contributed by atoms with van der Waals surface area (Å²) in [6.45, 7) is -0.504. The summed E-state index contributed by atoms with van der Waals surface area (Å²) in [4.78, 5) is 3.13. The fourth-order valence-electron chi connectivity index (χ4n) is 2.84. The van der Waals surface area contributed by atoms with E-state index in [2.05, 4.69) is 10.1 Å². The van der Waals surface area contributed by atoms with E-state index in [0.29, 0.717) is 6.42 Å². The number of ether oxygens (including phenoxy) is 1. The second-order valence-corrected chi connectivity index (χ2v) is 7.02. The number of nitrogens with zero attached hydrogens (tertiary/aromatic N) is 1. The lowest BCUT2D eigenvalue weighted by molar-refractivity contribution is -0.205. The minimum atomic E-state index is -1.46. The van der Waals surface area contributed by atoms with Gasteiger partial charge >= 0.3 is 0 Å². The highest BCUT2D eigenvalue weighted by molar-refractivity contribution is 8.14. The Morgan fingerprint density at radius 3 is 2.64 bits per heavy atom. The molecule has 1 aliphatic heterocycles. The van der Waals surface area contributed by atoms with Crippen molar-refractivity contribution in [1.29, 1.82) is 0 Å². The van der Waals surface area contributed by atoms with Crippen molar-refractivity contribution in [3.8, 4) is 0 Å². The van der Waals surface area contributed by atoms with Gasteiger partial charge in [0.15, 0.2) is 0 Å². The lowest BCUT2D eigenvalue weighted by atomic mass is 10.0. The van der Waals surface area contributed by atoms with Crippen molar-refractivity contribution in [2.45, 2.75) is 36.3 Å². The van der Waals surface area contributed by atoms with E-state index in [1.54, 1.807) is 0 Å². The molecular formula is C16H20N2O6S. The molecule has 1 saturated heterocycles. The Balaban J connectivity index is 1.74. The first-order valence-electron chi connectivity index (χ1n) is 7.78. The highest BCUT2D eigenvalue weighted by Gasteiger charge is 2.44. The van der Waals surface area contributed by atoms with Crippen LogP contribution in [-0.4, -0.2) is 72.1 Å². The molecule has 9 heteroatoms. The molecule has 25 heavy (non-hydrogen) atoms. The van der Waals surface area contributed by atoms with Crippen LogP contribution in [0.1, 0.15) is 5.56 Å². The van der Waals surface area contributed by atoms with Crippen LogP contribution in [0.15, 0.2) is 35.6 Å². The van der Waals surface area contributed by atoms with Gasteiger partial charge < -0.3 is 35.4 Å². The molecule has 8 nitrogen and oxygen atoms in total. The smallest absolute Gasteiger partial charge is 0.138 e. The number of hydrogen-bond donors (Lipinski definition) is 6. The van der Waals surface area contributed by atoms with E-state index >= 15 is 0 Å². The SMILES string of the molecule is OC[C@H]1O[C@H](S/C(Cc2c[nH]c3ccccc23)=N\O)[C@H](O)[C@@H](O)[C@@H]1O. The molecule has 1 fully saturated rings. The minimum Gasteiger partial charge on any atom is -0.410 e. The second kappa shape index (κ2) is 7.73. The maximum Gasteiger partial charge on any atom is 0.138 e. The average Bonchev–Trinajstić information content (AvgIpc) is 3.04. The molecule has 6 N–H and O–H groups in total. The first-order chi connectivity index (χ1) is 12.0. The number of hydrogen-bond acceptors (Lipinski definition) is 8. The predicted octanol–water partition coefficient (Wildman–Crippen LogP) is 0.0312. The quantitative estimate of drug-likeness (QED) is 0.194. The highest BCUT2D eigenvalue weighted by Crippen LogP contribution is 2.31. The van der Waals surface area contributed by atoms with E-state index < -0.39 is 36.5 Å². The van der Waals surface area contributed by atoms with Gasteiger partial charge in [-0.3, -0.25) is 0 Å². The zero-order valence-electron chi connectivity index (χ0n) is 13.2. The molecule has 5 atom stereocenters. The third kappa shape index (κ3) is 3.66. The Kier molecular flexibility index (Phi) is 5.62. The summed E-state index contributed by atoms with van der Waals surface area (Å²) in [5, 5.41) is 52.8. The predicted molar refractivity (Wildman–Crippen MR) is 92.6 cm³/mol. The summed E-state index contributed by atoms with van der Waals surface area (Å²) in [5.41, 5.74) is 0.875. The normalized spacial score (nSPS) is 30.7. The average molecular weight is 368 g/mol. The number of oxime groups is 1. The third-order valence-electron chi connectivity index (χ3n) is 4.23. The van der Waals surface area contributed by atoms with Gasteiger partial charge in [-0.15, -0.1) is 0 Å². The second-order valence-electron chi connectivity index (χ2n) is 5.85. The van der Waals surface area contributed by atoms with Gasteiger partial charge in [-0.05, 0) is 11.6 Å². The maximum atomic E-state index is 10.1. The number of benzene rings is 1. The fourth-order valence-corrected chi connectivity index (χ4v) is 3.89. The van der Waals surface area contributed by atoms with E-state index in [0.717, 1.165) is 28.2 Å². The van der Waals surface area contributed by atoms with Crippen molar-refractivity contribution in [3.63, 3.8) is 0 Å². The van der Waals surface area contributed by atoms with Gasteiger partial charge in [0.25, 0.3) is 0 Å². The van der Waals surface area contributed by atoms with Crippen LogP contribution in [-0.2, 0) is 11.2 Å². The number of fused-ring (bicyclic) bond motifs is 1. The number of aromatic nitrogens is 1. The van der Waals surface area contributed by atoms with E-state index in [1.807, 2.05) is 30.5 Å². The molecule has 2 heterocycles. The molecule has 1 aromatic carbocycles. The Morgan fingerprint density at radius 1 is 1.16 bits per heavy atom. The van der Waals surface area contributed by atoms with Gasteiger partial charge in [0.2, 0.25) is 0 Å². The van der Waals surface area contributed by atoms with Crippen molar-refractivity contribution >= 4 is 27.7 Å². The van der Waals surface area contributed by atoms with Crippen LogP contribution < -0.4 is 0 Å². The number of para-hydroxylation sites is 1. The van der Waals surface area contributed by atoms with Crippen molar-refractivity contribution in [3.05, 3.63) is 36.0 Å². The fraction of sp³-hybridized carbons (Fsp3) is 0.438. The molecule has 3 rings (SSSR count). The van der Waals surface area contributed by atoms with Gasteiger partial charge in [-0.2, -0.15) is 0 Å². The molecule has 136 valence electrons. The van der Waals surface area contributed by atoms with Crippen molar-refractivity contribution in [1.82, 2.24) is 4.98 Å². The van der Waals surface area contributed by atoms with Gasteiger partial charge in [0, 0.05) is 23.5 Å². The summed E-state index contributed by atoms with van der Waals surface area (Å²) < 4.78 is 5.42. The molecule has 0 aliphatic carbocycles. The first-order valence-corrected chi connectivity index (χ1v) is 8.66. The monoisotopic (exact) mass is 368 g/mol. The van der Waals surface area contributed by atoms with Crippen molar-refractivity contribution in [2.24, 2.45) is 5.16 Å². The van der Waals surface area contributed by atoms with Gasteiger partial charge in [0.05, 0.1) is 6.61 Å². The zero-order valence-corrected chi connectivity index (χ0v) is 14.0. The van der Waals surface area contributed by atoms with Gasteiger partial charge in [-0.25, -0.2) is 0 Å². The number of nitrogens with one attached hydrogen (secondary N) is 1. The van der Waals surface area contributed by atoms with E-state index in [9.17, 15) is 25.6 Å². The van der Waals surface area contributed by atoms with E-state index in [1.165, 1.54) is 0 Å². The van der Waals surface area contributed by atoms with Crippen molar-refractivity contribution < 1.29 is 30.4 Å². The highest BCUT2D eigenvalue weighted by atomic mass is 32.2. The molecular weight excluding hydrogens is 348 g/mol. The number of aliphatic hydroxyl groups excluding tert-OH is 4. The Labute approximate surface area is 147 Å². The largest absolute Gasteiger partial charge is 0.410 e. The van der Waals surface area contributed by atoms with Crippen molar-refractivity contribution in [2.75, 3.05) is 6.61 Å². The summed E-state index contributed by atoms with van der Waals surface area (Å²) in [5.74, 6) is 0. The summed E-state index contributed by atoms with van der Waals surface area (Å²) in [7, 11) is 0. The number of aromatic amines is 1. The number of thioether (sulfide) groups is 1. The summed E-state index contributed by atoms with van der Waals surface area (Å²) in [6, 6.07) is 7.68. The van der Waals surface area contributed by atoms with Crippen LogP contribution in [0, 0.1) is 0 Å². The van der Waals surface area contributed by atoms with Crippen LogP contribution in [0.4, 0.5) is 0 Å². The lowest BCUT2D eigenvalue weighted by Crippen LogP contribution is -2.57. The zero-order chi connectivity index (χ0) is 18.0. The number of H-pyrrole nitrogens is 1. The molecule has 0 radical (unpaired) electrons. The van der Waals surface area contributed by atoms with Crippen LogP contribution in [0.25, 0.3) is 10.9 Å². The maximum absolute atomic E-state index is 10.1. The van der Waals surface area contributed by atoms with Crippen LogP contribution in [0.2, 0.25) is 0 Å². The van der Waals surface area contributed by atoms with E-state index in [-0.39, 0.29) is 5.04 Å². The Morgan fingerprint density at radius 2 is 1.92 bits per heavy atom. The van der Waals surface area contributed by atoms with Gasteiger partial charge in [0.1, 0.15) is 34.9 Å². The third-order valence-corrected chi connectivity index (χ3v) is 5.35. The molecule has 0 unspecified atom stereocenters. The summed E-state index contributed by atoms with van der Waals surface area (Å²) >= 11 is 0.937. The number of aliphatic hydroxyl groups is 4. The molecule has 0 bridgehead atoms. The Hall–Kier alpha value is -1.62. The molecule has 2 aromatic rings. The Bertz CT molecular complexity index is 749. The van der Waals surface area contributed by atoms with Crippen LogP contribution in [0.5, 0.6) is 0 Å². The van der Waals surface area contributed by atoms with Gasteiger partial charge in [-0.1, -0.05) is 35.1 Å². The molecule has 0 spiro atoms. The molecule has 1 aliphatic rings. The standard InChI is InChI=1S/C16H20N2O6S/c19-7-11-13(20)14(21)15(22)16(24-11)25-12(18-23)5-8-6-17-10-4-2-1-3-9(8)10/h1-4,6,11,13-17,19-23H,5,7H2/b18-12-/t11-,13-,14+,15-,16-/m1/s1. The molecule has 0 amide bonds. The summed E-state index contributed by atoms with van der Waals surface area (Å²) in [6.07, 6.45) is -3.16. The topological polar surface area (TPSA) is 139 Å². The molecule has 1 aromatic heterocycles. The minimum absolute atomic E-state index is 0.272. The lowest BCUT2D eigenvalue weighted by Gasteiger charge is -2.39. The molecule has 0 saturated carbocycles. The van der Waals surface area contributed by atoms with Crippen LogP contribution in [0.3, 0.4) is 0 Å².